The minimum absolute atomic E-state index is 0.955. The van der Waals surface area contributed by atoms with Crippen LogP contribution in [0, 0.1) is 0 Å². The van der Waals surface area contributed by atoms with Crippen LogP contribution in [0.25, 0.3) is 0 Å². The van der Waals surface area contributed by atoms with E-state index in [0.29, 0.717) is 0 Å². The number of unbranched alkanes of at least 4 members (excludes halogenated alkanes) is 27. The molecule has 0 unspecified atom stereocenters. The number of hydrogen-bond donors (Lipinski definition) is 0. The van der Waals surface area contributed by atoms with Gasteiger partial charge in [-0.2, -0.15) is 17.3 Å². The molecule has 0 spiro atoms. The van der Waals surface area contributed by atoms with Crippen LogP contribution in [-0.2, 0) is 37.9 Å². The first kappa shape index (κ1) is 49.7. The SMILES string of the molecule is CCCCCCCCCCCC[S-].CCCCCCCCCCCC[S-].CCCCCCCCCCCC[S-].[CH3][Sn+3]. The van der Waals surface area contributed by atoms with Crippen LogP contribution in [-0.4, -0.2) is 39.8 Å². The Morgan fingerprint density at radius 3 is 0.488 bits per heavy atom. The van der Waals surface area contributed by atoms with Crippen LogP contribution in [0.15, 0.2) is 0 Å². The first-order valence-corrected chi connectivity index (χ1v) is 23.1. The summed E-state index contributed by atoms with van der Waals surface area (Å²) in [5, 5.41) is 0. The van der Waals surface area contributed by atoms with Crippen LogP contribution >= 0.6 is 0 Å². The Kier molecular flexibility index (Phi) is 69.7. The summed E-state index contributed by atoms with van der Waals surface area (Å²) < 4.78 is 0. The van der Waals surface area contributed by atoms with Gasteiger partial charge in [0.15, 0.2) is 0 Å². The molecule has 0 saturated carbocycles. The second-order valence-electron chi connectivity index (χ2n) is 11.7. The van der Waals surface area contributed by atoms with Crippen molar-refractivity contribution in [2.24, 2.45) is 0 Å². The van der Waals surface area contributed by atoms with Crippen molar-refractivity contribution in [1.82, 2.24) is 0 Å². The second kappa shape index (κ2) is 57.5. The van der Waals surface area contributed by atoms with E-state index in [1.165, 1.54) is 193 Å². The van der Waals surface area contributed by atoms with Crippen LogP contribution in [0.3, 0.4) is 0 Å². The zero-order valence-corrected chi connectivity index (χ0v) is 34.4. The molecule has 0 aliphatic carbocycles. The van der Waals surface area contributed by atoms with Gasteiger partial charge in [-0.15, -0.1) is 0 Å². The van der Waals surface area contributed by atoms with Crippen molar-refractivity contribution in [3.63, 3.8) is 0 Å². The van der Waals surface area contributed by atoms with Crippen molar-refractivity contribution < 1.29 is 0 Å². The Bertz CT molecular complexity index is 273. The Morgan fingerprint density at radius 1 is 0.244 bits per heavy atom. The topological polar surface area (TPSA) is 0 Å². The van der Waals surface area contributed by atoms with Crippen molar-refractivity contribution in [1.29, 1.82) is 0 Å². The zero-order valence-electron chi connectivity index (χ0n) is 29.1. The van der Waals surface area contributed by atoms with E-state index in [1.807, 2.05) is 0 Å². The molecule has 0 saturated heterocycles. The van der Waals surface area contributed by atoms with Crippen LogP contribution in [0.1, 0.15) is 213 Å². The molecule has 0 fully saturated rings. The van der Waals surface area contributed by atoms with Gasteiger partial charge in [0.05, 0.1) is 0 Å². The van der Waals surface area contributed by atoms with Crippen LogP contribution in [0.2, 0.25) is 4.94 Å². The molecule has 0 bridgehead atoms. The van der Waals surface area contributed by atoms with Gasteiger partial charge in [-0.25, -0.2) is 0 Å². The molecule has 0 aliphatic heterocycles. The Hall–Kier alpha value is 1.85. The number of rotatable bonds is 30. The summed E-state index contributed by atoms with van der Waals surface area (Å²) in [5.74, 6) is 2.86. The summed E-state index contributed by atoms with van der Waals surface area (Å²) in [6, 6.07) is 0. The van der Waals surface area contributed by atoms with Crippen molar-refractivity contribution >= 4 is 60.4 Å². The van der Waals surface area contributed by atoms with Crippen LogP contribution in [0.4, 0.5) is 0 Å². The van der Waals surface area contributed by atoms with Gasteiger partial charge < -0.3 is 37.9 Å². The molecule has 0 aromatic rings. The van der Waals surface area contributed by atoms with Crippen molar-refractivity contribution in [2.75, 3.05) is 17.3 Å². The Morgan fingerprint density at radius 2 is 0.366 bits per heavy atom. The fraction of sp³-hybridized carbons (Fsp3) is 1.00. The van der Waals surface area contributed by atoms with Crippen molar-refractivity contribution in [3.05, 3.63) is 0 Å². The summed E-state index contributed by atoms with van der Waals surface area (Å²) >= 11 is 16.3. The van der Waals surface area contributed by atoms with E-state index >= 15 is 0 Å². The van der Waals surface area contributed by atoms with Crippen LogP contribution in [0.5, 0.6) is 0 Å². The third kappa shape index (κ3) is 65.5. The van der Waals surface area contributed by atoms with Crippen LogP contribution < -0.4 is 0 Å². The van der Waals surface area contributed by atoms with E-state index in [1.54, 1.807) is 22.5 Å². The molecular weight excluding hydrogens is 659 g/mol. The summed E-state index contributed by atoms with van der Waals surface area (Å²) in [6.45, 7) is 6.82. The standard InChI is InChI=1S/3C12H26S.CH3.Sn/c3*1-2-3-4-5-6-7-8-9-10-11-12-13;;/h3*13H,2-12H2,1H3;1H3;/q;;;;+3/p-3. The molecule has 0 nitrogen and oxygen atoms in total. The summed E-state index contributed by atoms with van der Waals surface area (Å²) in [4.78, 5) is 2.09. The average Bonchev–Trinajstić information content (AvgIpc) is 3.00. The average molecular weight is 738 g/mol. The first-order valence-electron chi connectivity index (χ1n) is 18.5. The van der Waals surface area contributed by atoms with E-state index in [0.717, 1.165) is 17.3 Å². The predicted molar refractivity (Wildman–Crippen MR) is 204 cm³/mol. The fourth-order valence-corrected chi connectivity index (χ4v) is 5.38. The predicted octanol–water partition coefficient (Wildman–Crippen LogP) is 13.6. The molecule has 0 heterocycles. The molecule has 0 rings (SSSR count). The van der Waals surface area contributed by atoms with Crippen molar-refractivity contribution in [2.45, 2.75) is 218 Å². The third-order valence-corrected chi connectivity index (χ3v) is 8.36. The molecule has 4 heteroatoms. The van der Waals surface area contributed by atoms with Gasteiger partial charge in [0, 0.05) is 0 Å². The van der Waals surface area contributed by atoms with Gasteiger partial charge >= 0.3 is 27.5 Å². The zero-order chi connectivity index (χ0) is 31.3. The van der Waals surface area contributed by atoms with E-state index in [-0.39, 0.29) is 0 Å². The Balaban J connectivity index is -0.000000243. The van der Waals surface area contributed by atoms with Gasteiger partial charge in [-0.1, -0.05) is 213 Å². The molecular formula is C37H78S3Sn. The third-order valence-electron chi connectivity index (χ3n) is 7.49. The van der Waals surface area contributed by atoms with Crippen molar-refractivity contribution in [3.8, 4) is 0 Å². The molecule has 0 aliphatic rings. The molecule has 0 aromatic heterocycles. The first-order chi connectivity index (χ1) is 20.2. The van der Waals surface area contributed by atoms with Gasteiger partial charge in [0.25, 0.3) is 0 Å². The molecule has 0 aromatic carbocycles. The summed E-state index contributed by atoms with van der Waals surface area (Å²) in [5.41, 5.74) is 0. The summed E-state index contributed by atoms with van der Waals surface area (Å²) in [6.07, 6.45) is 42.1. The van der Waals surface area contributed by atoms with E-state index < -0.39 is 0 Å². The maximum atomic E-state index is 4.90. The molecule has 0 atom stereocenters. The molecule has 0 N–H and O–H groups in total. The molecule has 248 valence electrons. The van der Waals surface area contributed by atoms with E-state index in [4.69, 9.17) is 37.9 Å². The van der Waals surface area contributed by atoms with Gasteiger partial charge in [-0.3, -0.25) is 0 Å². The quantitative estimate of drug-likeness (QED) is 0.0409. The molecule has 41 heavy (non-hydrogen) atoms. The normalized spacial score (nSPS) is 10.3. The second-order valence-corrected chi connectivity index (χ2v) is 12.9. The van der Waals surface area contributed by atoms with E-state index in [2.05, 4.69) is 25.7 Å². The molecule has 0 amide bonds. The monoisotopic (exact) mass is 738 g/mol. The van der Waals surface area contributed by atoms with Gasteiger partial charge in [0.1, 0.15) is 0 Å². The molecule has 0 radical (unpaired) electrons. The van der Waals surface area contributed by atoms with Gasteiger partial charge in [0.2, 0.25) is 0 Å². The summed E-state index contributed by atoms with van der Waals surface area (Å²) in [7, 11) is 0. The Labute approximate surface area is 294 Å². The minimum atomic E-state index is 0.955. The number of hydrogen-bond acceptors (Lipinski definition) is 3. The van der Waals surface area contributed by atoms with E-state index in [9.17, 15) is 0 Å². The maximum absolute atomic E-state index is 4.90. The fourth-order valence-electron chi connectivity index (χ4n) is 4.77. The van der Waals surface area contributed by atoms with Gasteiger partial charge in [-0.05, 0) is 0 Å².